The van der Waals surface area contributed by atoms with E-state index in [2.05, 4.69) is 19.7 Å². The normalized spacial score (nSPS) is 19.2. The van der Waals surface area contributed by atoms with Gasteiger partial charge in [-0.15, -0.1) is 13.2 Å². The Kier molecular flexibility index (Phi) is 12.2. The van der Waals surface area contributed by atoms with Crippen molar-refractivity contribution in [3.63, 3.8) is 0 Å². The Morgan fingerprint density at radius 3 is 2.21 bits per heavy atom. The van der Waals surface area contributed by atoms with Crippen molar-refractivity contribution in [3.05, 3.63) is 23.8 Å². The van der Waals surface area contributed by atoms with E-state index in [4.69, 9.17) is 4.74 Å². The van der Waals surface area contributed by atoms with E-state index in [9.17, 15) is 23.1 Å². The van der Waals surface area contributed by atoms with Crippen molar-refractivity contribution in [3.8, 4) is 11.5 Å². The van der Waals surface area contributed by atoms with Gasteiger partial charge in [0.15, 0.2) is 11.5 Å². The average Bonchev–Trinajstić information content (AvgIpc) is 2.81. The highest BCUT2D eigenvalue weighted by atomic mass is 19.4. The first-order valence-electron chi connectivity index (χ1n) is 13.5. The van der Waals surface area contributed by atoms with Gasteiger partial charge >= 0.3 is 6.36 Å². The van der Waals surface area contributed by atoms with Crippen LogP contribution in [-0.4, -0.2) is 73.4 Å². The molecule has 1 saturated heterocycles. The number of nitrogens with one attached hydrogen (secondary N) is 1. The molecule has 38 heavy (non-hydrogen) atoms. The molecule has 1 unspecified atom stereocenters. The molecule has 1 aliphatic heterocycles. The highest BCUT2D eigenvalue weighted by molar-refractivity contribution is 5.45. The lowest BCUT2D eigenvalue weighted by Gasteiger charge is -2.42. The molecule has 0 radical (unpaired) electrons. The van der Waals surface area contributed by atoms with Gasteiger partial charge < -0.3 is 29.5 Å². The molecule has 3 rings (SSSR count). The molecule has 0 aromatic heterocycles. The van der Waals surface area contributed by atoms with Crippen LogP contribution in [-0.2, 0) is 9.53 Å². The Morgan fingerprint density at radius 1 is 1.08 bits per heavy atom. The molecule has 218 valence electrons. The summed E-state index contributed by atoms with van der Waals surface area (Å²) in [6.45, 7) is 14.1. The van der Waals surface area contributed by atoms with E-state index in [1.54, 1.807) is 12.1 Å². The van der Waals surface area contributed by atoms with Crippen LogP contribution in [0.2, 0.25) is 0 Å². The number of carbonyl (C=O) groups excluding carboxylic acids is 1. The summed E-state index contributed by atoms with van der Waals surface area (Å²) in [6.07, 6.45) is -0.570. The van der Waals surface area contributed by atoms with Gasteiger partial charge in [0.1, 0.15) is 5.60 Å². The Hall–Kier alpha value is -2.04. The Bertz CT molecular complexity index is 846. The van der Waals surface area contributed by atoms with Crippen molar-refractivity contribution in [2.45, 2.75) is 90.2 Å². The number of aliphatic hydroxyl groups is 1. The Labute approximate surface area is 225 Å². The summed E-state index contributed by atoms with van der Waals surface area (Å²) in [4.78, 5) is 11.9. The lowest BCUT2D eigenvalue weighted by Crippen LogP contribution is -2.49. The van der Waals surface area contributed by atoms with Crippen molar-refractivity contribution in [1.29, 1.82) is 0 Å². The molecule has 7 nitrogen and oxygen atoms in total. The number of hydrogen-bond donors (Lipinski definition) is 2. The van der Waals surface area contributed by atoms with E-state index in [-0.39, 0.29) is 28.9 Å². The van der Waals surface area contributed by atoms with Crippen molar-refractivity contribution < 1.29 is 37.3 Å². The summed E-state index contributed by atoms with van der Waals surface area (Å²) >= 11 is 0. The maximum Gasteiger partial charge on any atom is 0.573 e. The molecule has 2 aliphatic rings. The maximum atomic E-state index is 13.1. The maximum absolute atomic E-state index is 13.1. The number of alkyl halides is 3. The van der Waals surface area contributed by atoms with Gasteiger partial charge in [-0.25, -0.2) is 0 Å². The first-order chi connectivity index (χ1) is 17.7. The summed E-state index contributed by atoms with van der Waals surface area (Å²) in [7, 11) is 0. The summed E-state index contributed by atoms with van der Waals surface area (Å²) in [5.74, 6) is -0.385. The van der Waals surface area contributed by atoms with Crippen LogP contribution < -0.4 is 14.8 Å². The smallest absolute Gasteiger partial charge is 0.489 e. The van der Waals surface area contributed by atoms with Gasteiger partial charge in [0.05, 0.1) is 12.2 Å². The third-order valence-electron chi connectivity index (χ3n) is 6.59. The number of ether oxygens (including phenoxy) is 3. The Morgan fingerprint density at radius 2 is 1.71 bits per heavy atom. The highest BCUT2D eigenvalue weighted by Gasteiger charge is 2.41. The predicted molar refractivity (Wildman–Crippen MR) is 140 cm³/mol. The largest absolute Gasteiger partial charge is 0.573 e. The highest BCUT2D eigenvalue weighted by Crippen LogP contribution is 2.43. The zero-order valence-corrected chi connectivity index (χ0v) is 23.4. The molecule has 10 heteroatoms. The molecule has 1 heterocycles. The van der Waals surface area contributed by atoms with Crippen LogP contribution in [0.25, 0.3) is 0 Å². The molecule has 1 aromatic carbocycles. The molecule has 0 spiro atoms. The first kappa shape index (κ1) is 32.2. The topological polar surface area (TPSA) is 80.3 Å². The van der Waals surface area contributed by atoms with Crippen LogP contribution in [0.1, 0.15) is 78.2 Å². The van der Waals surface area contributed by atoms with Gasteiger partial charge in [0, 0.05) is 38.6 Å². The van der Waals surface area contributed by atoms with Gasteiger partial charge in [-0.05, 0) is 57.2 Å². The van der Waals surface area contributed by atoms with Crippen molar-refractivity contribution in [1.82, 2.24) is 10.2 Å². The van der Waals surface area contributed by atoms with Gasteiger partial charge in [0.25, 0.3) is 6.47 Å². The van der Waals surface area contributed by atoms with Crippen LogP contribution in [0, 0.1) is 5.92 Å². The number of carbonyl (C=O) groups is 1. The molecule has 1 atom stereocenters. The fraction of sp³-hybridized carbons (Fsp3) is 0.750. The van der Waals surface area contributed by atoms with Crippen molar-refractivity contribution in [2.75, 3.05) is 39.3 Å². The molecular weight excluding hydrogens is 501 g/mol. The zero-order chi connectivity index (χ0) is 28.4. The molecule has 1 aromatic rings. The molecule has 2 N–H and O–H groups in total. The summed E-state index contributed by atoms with van der Waals surface area (Å²) in [5, 5.41) is 14.9. The predicted octanol–water partition coefficient (Wildman–Crippen LogP) is 5.26. The van der Waals surface area contributed by atoms with Gasteiger partial charge in [-0.2, -0.15) is 0 Å². The van der Waals surface area contributed by atoms with Crippen LogP contribution in [0.3, 0.4) is 0 Å². The van der Waals surface area contributed by atoms with Crippen LogP contribution in [0.5, 0.6) is 11.5 Å². The number of nitrogens with zero attached hydrogens (tertiary/aromatic N) is 1. The fourth-order valence-electron chi connectivity index (χ4n) is 4.72. The molecule has 0 amide bonds. The molecular formula is C28H45F3N2O5. The minimum atomic E-state index is -4.82. The number of hydrogen-bond acceptors (Lipinski definition) is 7. The van der Waals surface area contributed by atoms with Gasteiger partial charge in [-0.3, -0.25) is 4.79 Å². The SMILES string of the molecule is CC(C)(C)OC=O.CC(C)COc1ccc(C(CN2CCNCC2)C2(O)CCCCC2)cc1OC(F)(F)F. The average molecular weight is 547 g/mol. The summed E-state index contributed by atoms with van der Waals surface area (Å²) in [6, 6.07) is 4.76. The lowest BCUT2D eigenvalue weighted by molar-refractivity contribution is -0.275. The number of piperazine rings is 1. The molecule has 0 bridgehead atoms. The third kappa shape index (κ3) is 11.4. The molecule has 1 saturated carbocycles. The standard InChI is InChI=1S/C23H35F3N2O3.C5H10O2/c1-17(2)16-30-20-7-6-18(14-21(20)31-23(24,25)26)19(15-28-12-10-27-11-13-28)22(29)8-4-3-5-9-22;1-5(2,3)7-4-6/h6-7,14,17,19,27,29H,3-5,8-13,15-16H2,1-2H3;4H,1-3H3. The van der Waals surface area contributed by atoms with Crippen LogP contribution in [0.4, 0.5) is 13.2 Å². The second-order valence-electron chi connectivity index (χ2n) is 11.6. The third-order valence-corrected chi connectivity index (χ3v) is 6.59. The quantitative estimate of drug-likeness (QED) is 0.409. The van der Waals surface area contributed by atoms with Crippen molar-refractivity contribution >= 4 is 6.47 Å². The van der Waals surface area contributed by atoms with Gasteiger partial charge in [-0.1, -0.05) is 39.2 Å². The van der Waals surface area contributed by atoms with E-state index in [0.717, 1.165) is 45.4 Å². The number of rotatable bonds is 9. The van der Waals surface area contributed by atoms with Crippen LogP contribution >= 0.6 is 0 Å². The molecule has 1 aliphatic carbocycles. The zero-order valence-electron chi connectivity index (χ0n) is 23.4. The minimum Gasteiger partial charge on any atom is -0.489 e. The van der Waals surface area contributed by atoms with Crippen LogP contribution in [0.15, 0.2) is 18.2 Å². The minimum absolute atomic E-state index is 0.0753. The van der Waals surface area contributed by atoms with E-state index < -0.39 is 12.0 Å². The van der Waals surface area contributed by atoms with Gasteiger partial charge in [0.2, 0.25) is 0 Å². The Balaban J connectivity index is 0.000000638. The second-order valence-corrected chi connectivity index (χ2v) is 11.6. The molecule has 2 fully saturated rings. The van der Waals surface area contributed by atoms with E-state index >= 15 is 0 Å². The number of halogens is 3. The summed E-state index contributed by atoms with van der Waals surface area (Å²) < 4.78 is 53.8. The van der Waals surface area contributed by atoms with E-state index in [0.29, 0.717) is 38.0 Å². The fourth-order valence-corrected chi connectivity index (χ4v) is 4.72. The first-order valence-corrected chi connectivity index (χ1v) is 13.5. The monoisotopic (exact) mass is 546 g/mol. The summed E-state index contributed by atoms with van der Waals surface area (Å²) in [5.41, 5.74) is -0.584. The van der Waals surface area contributed by atoms with E-state index in [1.165, 1.54) is 6.07 Å². The lowest BCUT2D eigenvalue weighted by atomic mass is 9.72. The van der Waals surface area contributed by atoms with Crippen molar-refractivity contribution in [2.24, 2.45) is 5.92 Å². The van der Waals surface area contributed by atoms with E-state index in [1.807, 2.05) is 34.6 Å². The number of benzene rings is 1. The second kappa shape index (κ2) is 14.4.